The summed E-state index contributed by atoms with van der Waals surface area (Å²) in [7, 11) is 0. The summed E-state index contributed by atoms with van der Waals surface area (Å²) in [5.74, 6) is -0.807. The maximum Gasteiger partial charge on any atom is 0.209 e. The number of hydrogen-bond acceptors (Lipinski definition) is 6. The number of fused-ring (bicyclic) bond motifs is 1. The standard InChI is InChI=1S/C5H6N6/c6-5(7)3-4(9-1-8-3)10-2-11-5/h1-2H,6-7H2. The lowest BCUT2D eigenvalue weighted by atomic mass is 10.2. The Morgan fingerprint density at radius 1 is 1.18 bits per heavy atom. The Hall–Kier alpha value is -1.40. The van der Waals surface area contributed by atoms with Crippen molar-refractivity contribution in [2.75, 3.05) is 0 Å². The molecule has 4 N–H and O–H groups in total. The molecule has 0 fully saturated rings. The van der Waals surface area contributed by atoms with Crippen molar-refractivity contribution in [3.8, 4) is 0 Å². The quantitative estimate of drug-likeness (QED) is 0.409. The Bertz CT molecular complexity index is 307. The first-order chi connectivity index (χ1) is 5.20. The third kappa shape index (κ3) is 0.803. The van der Waals surface area contributed by atoms with Crippen LogP contribution in [0.1, 0.15) is 0 Å². The van der Waals surface area contributed by atoms with Crippen LogP contribution in [0.2, 0.25) is 0 Å². The van der Waals surface area contributed by atoms with Gasteiger partial charge in [0.15, 0.2) is 5.84 Å². The zero-order valence-corrected chi connectivity index (χ0v) is 5.60. The Labute approximate surface area is 62.4 Å². The molecule has 6 nitrogen and oxygen atoms in total. The zero-order valence-electron chi connectivity index (χ0n) is 5.60. The fraction of sp³-hybridized carbons (Fsp3) is 0.200. The minimum Gasteiger partial charge on any atom is -0.289 e. The van der Waals surface area contributed by atoms with Crippen molar-refractivity contribution in [2.24, 2.45) is 31.4 Å². The smallest absolute Gasteiger partial charge is 0.209 e. The van der Waals surface area contributed by atoms with E-state index in [2.05, 4.69) is 20.0 Å². The summed E-state index contributed by atoms with van der Waals surface area (Å²) in [5, 5.41) is 0. The maximum absolute atomic E-state index is 5.55. The lowest BCUT2D eigenvalue weighted by Crippen LogP contribution is -2.57. The van der Waals surface area contributed by atoms with Crippen LogP contribution in [-0.4, -0.2) is 30.0 Å². The van der Waals surface area contributed by atoms with Crippen LogP contribution in [-0.2, 0) is 0 Å². The second kappa shape index (κ2) is 1.80. The lowest BCUT2D eigenvalue weighted by molar-refractivity contribution is 0.634. The average molecular weight is 150 g/mol. The highest BCUT2D eigenvalue weighted by atomic mass is 15.3. The first-order valence-electron chi connectivity index (χ1n) is 3.00. The fourth-order valence-corrected chi connectivity index (χ4v) is 0.877. The van der Waals surface area contributed by atoms with E-state index in [9.17, 15) is 0 Å². The predicted molar refractivity (Wildman–Crippen MR) is 43.0 cm³/mol. The number of nitrogens with zero attached hydrogens (tertiary/aromatic N) is 4. The lowest BCUT2D eigenvalue weighted by Gasteiger charge is -2.20. The molecule has 6 heteroatoms. The van der Waals surface area contributed by atoms with Crippen LogP contribution in [0.3, 0.4) is 0 Å². The van der Waals surface area contributed by atoms with Gasteiger partial charge in [0.1, 0.15) is 18.4 Å². The van der Waals surface area contributed by atoms with Gasteiger partial charge in [0, 0.05) is 0 Å². The first kappa shape index (κ1) is 6.32. The van der Waals surface area contributed by atoms with Crippen molar-refractivity contribution in [1.82, 2.24) is 0 Å². The van der Waals surface area contributed by atoms with Gasteiger partial charge < -0.3 is 0 Å². The topological polar surface area (TPSA) is 101 Å². The van der Waals surface area contributed by atoms with E-state index in [0.29, 0.717) is 11.5 Å². The molecular weight excluding hydrogens is 144 g/mol. The summed E-state index contributed by atoms with van der Waals surface area (Å²) in [5.41, 5.74) is 11.5. The van der Waals surface area contributed by atoms with Crippen LogP contribution in [0.15, 0.2) is 20.0 Å². The van der Waals surface area contributed by atoms with E-state index in [-0.39, 0.29) is 0 Å². The summed E-state index contributed by atoms with van der Waals surface area (Å²) in [6.45, 7) is 0. The number of amidine groups is 1. The number of nitrogens with two attached hydrogens (primary N) is 2. The molecule has 0 spiro atoms. The first-order valence-corrected chi connectivity index (χ1v) is 3.00. The van der Waals surface area contributed by atoms with E-state index in [1.54, 1.807) is 0 Å². The Morgan fingerprint density at radius 2 is 2.00 bits per heavy atom. The van der Waals surface area contributed by atoms with Crippen LogP contribution in [0.4, 0.5) is 0 Å². The van der Waals surface area contributed by atoms with Crippen molar-refractivity contribution in [3.05, 3.63) is 0 Å². The Balaban J connectivity index is 2.51. The number of rotatable bonds is 0. The third-order valence-corrected chi connectivity index (χ3v) is 1.41. The molecule has 0 aromatic rings. The van der Waals surface area contributed by atoms with Crippen molar-refractivity contribution in [2.45, 2.75) is 5.79 Å². The van der Waals surface area contributed by atoms with E-state index in [0.717, 1.165) is 0 Å². The molecule has 11 heavy (non-hydrogen) atoms. The molecule has 0 aromatic heterocycles. The van der Waals surface area contributed by atoms with Crippen molar-refractivity contribution in [1.29, 1.82) is 0 Å². The van der Waals surface area contributed by atoms with Gasteiger partial charge in [-0.1, -0.05) is 0 Å². The molecule has 0 saturated carbocycles. The van der Waals surface area contributed by atoms with Gasteiger partial charge in [-0.05, 0) is 0 Å². The number of hydrogen-bond donors (Lipinski definition) is 2. The van der Waals surface area contributed by atoms with Crippen molar-refractivity contribution < 1.29 is 0 Å². The molecule has 0 saturated heterocycles. The molecule has 2 aliphatic rings. The normalized spacial score (nSPS) is 24.5. The van der Waals surface area contributed by atoms with Gasteiger partial charge in [-0.15, -0.1) is 0 Å². The van der Waals surface area contributed by atoms with Crippen LogP contribution < -0.4 is 11.5 Å². The van der Waals surface area contributed by atoms with Gasteiger partial charge in [0.25, 0.3) is 0 Å². The van der Waals surface area contributed by atoms with Gasteiger partial charge in [0.05, 0.1) is 0 Å². The molecule has 0 aromatic carbocycles. The third-order valence-electron chi connectivity index (χ3n) is 1.41. The fourth-order valence-electron chi connectivity index (χ4n) is 0.877. The monoisotopic (exact) mass is 150 g/mol. The van der Waals surface area contributed by atoms with E-state index < -0.39 is 5.79 Å². The number of aliphatic imine (C=N–C) groups is 4. The summed E-state index contributed by atoms with van der Waals surface area (Å²) >= 11 is 0. The molecule has 0 radical (unpaired) electrons. The molecule has 2 aliphatic heterocycles. The van der Waals surface area contributed by atoms with Gasteiger partial charge in [0.2, 0.25) is 5.79 Å². The summed E-state index contributed by atoms with van der Waals surface area (Å²) < 4.78 is 0. The minimum atomic E-state index is -1.26. The molecule has 0 bridgehead atoms. The minimum absolute atomic E-state index is 0.417. The van der Waals surface area contributed by atoms with Crippen LogP contribution >= 0.6 is 0 Å². The Morgan fingerprint density at radius 3 is 2.73 bits per heavy atom. The predicted octanol–water partition coefficient (Wildman–Crippen LogP) is -1.52. The molecule has 0 aliphatic carbocycles. The van der Waals surface area contributed by atoms with Crippen molar-refractivity contribution >= 4 is 24.2 Å². The van der Waals surface area contributed by atoms with E-state index in [1.165, 1.54) is 12.7 Å². The molecule has 56 valence electrons. The largest absolute Gasteiger partial charge is 0.289 e. The highest BCUT2D eigenvalue weighted by Crippen LogP contribution is 2.08. The van der Waals surface area contributed by atoms with Crippen LogP contribution in [0.25, 0.3) is 0 Å². The highest BCUT2D eigenvalue weighted by Gasteiger charge is 2.33. The zero-order chi connectivity index (χ0) is 7.90. The van der Waals surface area contributed by atoms with Crippen LogP contribution in [0, 0.1) is 0 Å². The molecule has 0 unspecified atom stereocenters. The highest BCUT2D eigenvalue weighted by molar-refractivity contribution is 6.50. The summed E-state index contributed by atoms with van der Waals surface area (Å²) in [4.78, 5) is 15.2. The van der Waals surface area contributed by atoms with Crippen molar-refractivity contribution in [3.63, 3.8) is 0 Å². The molecule has 0 atom stereocenters. The van der Waals surface area contributed by atoms with E-state index in [1.807, 2.05) is 0 Å². The SMILES string of the molecule is NC1(N)N=CN=C2N=CN=C21. The van der Waals surface area contributed by atoms with Crippen LogP contribution in [0.5, 0.6) is 0 Å². The molecule has 0 amide bonds. The van der Waals surface area contributed by atoms with Gasteiger partial charge in [-0.3, -0.25) is 11.5 Å². The summed E-state index contributed by atoms with van der Waals surface area (Å²) in [6.07, 6.45) is 2.65. The second-order valence-corrected chi connectivity index (χ2v) is 2.24. The van der Waals surface area contributed by atoms with Gasteiger partial charge in [-0.25, -0.2) is 20.0 Å². The van der Waals surface area contributed by atoms with Gasteiger partial charge in [-0.2, -0.15) is 0 Å². The average Bonchev–Trinajstić information content (AvgIpc) is 2.34. The van der Waals surface area contributed by atoms with E-state index in [4.69, 9.17) is 11.5 Å². The van der Waals surface area contributed by atoms with Gasteiger partial charge >= 0.3 is 0 Å². The molecule has 2 rings (SSSR count). The maximum atomic E-state index is 5.55. The molecular formula is C5H6N6. The summed E-state index contributed by atoms with van der Waals surface area (Å²) in [6, 6.07) is 0. The van der Waals surface area contributed by atoms with E-state index >= 15 is 0 Å². The molecule has 2 heterocycles. The second-order valence-electron chi connectivity index (χ2n) is 2.24. The Kier molecular flexibility index (Phi) is 1.04.